The van der Waals surface area contributed by atoms with Crippen molar-refractivity contribution in [3.8, 4) is 0 Å². The third-order valence-corrected chi connectivity index (χ3v) is 3.43. The van der Waals surface area contributed by atoms with Gasteiger partial charge in [-0.1, -0.05) is 25.7 Å². The largest absolute Gasteiger partial charge is 0.384 e. The zero-order valence-corrected chi connectivity index (χ0v) is 10.9. The third kappa shape index (κ3) is 3.45. The van der Waals surface area contributed by atoms with Gasteiger partial charge in [0.25, 0.3) is 5.91 Å². The predicted octanol–water partition coefficient (Wildman–Crippen LogP) is 2.42. The number of carbonyl (C=O) groups excluding carboxylic acids is 1. The highest BCUT2D eigenvalue weighted by atomic mass is 16.1. The van der Waals surface area contributed by atoms with E-state index in [1.807, 2.05) is 6.92 Å². The third-order valence-electron chi connectivity index (χ3n) is 3.43. The van der Waals surface area contributed by atoms with Crippen molar-refractivity contribution < 1.29 is 4.79 Å². The Morgan fingerprint density at radius 2 is 1.94 bits per heavy atom. The Morgan fingerprint density at radius 1 is 1.28 bits per heavy atom. The molecule has 0 radical (unpaired) electrons. The van der Waals surface area contributed by atoms with Crippen LogP contribution in [0.3, 0.4) is 0 Å². The van der Waals surface area contributed by atoms with E-state index >= 15 is 0 Å². The molecule has 4 nitrogen and oxygen atoms in total. The highest BCUT2D eigenvalue weighted by Gasteiger charge is 2.16. The maximum absolute atomic E-state index is 12.1. The number of hydrogen-bond acceptors (Lipinski definition) is 3. The van der Waals surface area contributed by atoms with E-state index in [1.165, 1.54) is 25.7 Å². The fourth-order valence-electron chi connectivity index (χ4n) is 2.52. The molecule has 18 heavy (non-hydrogen) atoms. The average molecular weight is 247 g/mol. The summed E-state index contributed by atoms with van der Waals surface area (Å²) < 4.78 is 0. The van der Waals surface area contributed by atoms with Crippen molar-refractivity contribution in [3.05, 3.63) is 23.4 Å². The number of nitrogens with zero attached hydrogens (tertiary/aromatic N) is 1. The summed E-state index contributed by atoms with van der Waals surface area (Å²) in [5.74, 6) is 0.375. The van der Waals surface area contributed by atoms with E-state index in [-0.39, 0.29) is 5.91 Å². The lowest BCUT2D eigenvalue weighted by Crippen LogP contribution is -2.34. The summed E-state index contributed by atoms with van der Waals surface area (Å²) in [5.41, 5.74) is 7.06. The first-order valence-electron chi connectivity index (χ1n) is 6.70. The Balaban J connectivity index is 2.01. The van der Waals surface area contributed by atoms with Gasteiger partial charge in [-0.2, -0.15) is 0 Å². The molecule has 1 amide bonds. The van der Waals surface area contributed by atoms with Crippen molar-refractivity contribution in [2.45, 2.75) is 51.5 Å². The molecule has 4 heteroatoms. The smallest absolute Gasteiger partial charge is 0.251 e. The monoisotopic (exact) mass is 247 g/mol. The predicted molar refractivity (Wildman–Crippen MR) is 72.3 cm³/mol. The molecule has 2 rings (SSSR count). The fourth-order valence-corrected chi connectivity index (χ4v) is 2.52. The second-order valence-electron chi connectivity index (χ2n) is 5.08. The van der Waals surface area contributed by atoms with Crippen LogP contribution in [0, 0.1) is 6.92 Å². The molecular formula is C14H21N3O. The zero-order chi connectivity index (χ0) is 13.0. The van der Waals surface area contributed by atoms with Crippen molar-refractivity contribution >= 4 is 11.7 Å². The lowest BCUT2D eigenvalue weighted by molar-refractivity contribution is 0.0933. The van der Waals surface area contributed by atoms with E-state index < -0.39 is 0 Å². The number of hydrogen-bond donors (Lipinski definition) is 2. The average Bonchev–Trinajstić information content (AvgIpc) is 2.56. The van der Waals surface area contributed by atoms with Crippen molar-refractivity contribution in [2.24, 2.45) is 0 Å². The number of nitrogens with one attached hydrogen (secondary N) is 1. The van der Waals surface area contributed by atoms with Crippen LogP contribution in [0.2, 0.25) is 0 Å². The van der Waals surface area contributed by atoms with Crippen LogP contribution >= 0.6 is 0 Å². The number of aromatic nitrogens is 1. The zero-order valence-electron chi connectivity index (χ0n) is 10.9. The Hall–Kier alpha value is -1.58. The van der Waals surface area contributed by atoms with Crippen LogP contribution in [0.15, 0.2) is 12.1 Å². The van der Waals surface area contributed by atoms with Gasteiger partial charge in [-0.25, -0.2) is 4.98 Å². The summed E-state index contributed by atoms with van der Waals surface area (Å²) in [6.07, 6.45) is 7.17. The Morgan fingerprint density at radius 3 is 2.56 bits per heavy atom. The number of carbonyl (C=O) groups is 1. The van der Waals surface area contributed by atoms with Gasteiger partial charge in [-0.05, 0) is 31.9 Å². The molecule has 1 aromatic rings. The minimum atomic E-state index is -0.0286. The molecule has 1 aromatic heterocycles. The molecule has 0 bridgehead atoms. The molecule has 3 N–H and O–H groups in total. The standard InChI is InChI=1S/C14H21N3O/c1-10-8-11(9-13(15)16-10)14(18)17-12-6-4-2-3-5-7-12/h8-9,12H,2-7H2,1H3,(H2,15,16)(H,17,18). The van der Waals surface area contributed by atoms with E-state index in [9.17, 15) is 4.79 Å². The minimum absolute atomic E-state index is 0.0286. The lowest BCUT2D eigenvalue weighted by Gasteiger charge is -2.16. The van der Waals surface area contributed by atoms with Gasteiger partial charge in [0.1, 0.15) is 5.82 Å². The molecular weight excluding hydrogens is 226 g/mol. The molecule has 1 saturated carbocycles. The van der Waals surface area contributed by atoms with Gasteiger partial charge in [-0.15, -0.1) is 0 Å². The van der Waals surface area contributed by atoms with Gasteiger partial charge < -0.3 is 11.1 Å². The van der Waals surface area contributed by atoms with Crippen LogP contribution in [0.5, 0.6) is 0 Å². The second kappa shape index (κ2) is 5.85. The van der Waals surface area contributed by atoms with E-state index in [2.05, 4.69) is 10.3 Å². The van der Waals surface area contributed by atoms with Crippen LogP contribution in [-0.4, -0.2) is 16.9 Å². The number of aryl methyl sites for hydroxylation is 1. The minimum Gasteiger partial charge on any atom is -0.384 e. The Bertz CT molecular complexity index is 403. The van der Waals surface area contributed by atoms with E-state index in [0.29, 0.717) is 17.4 Å². The number of nitrogens with two attached hydrogens (primary N) is 1. The van der Waals surface area contributed by atoms with Crippen LogP contribution in [0.25, 0.3) is 0 Å². The number of rotatable bonds is 2. The summed E-state index contributed by atoms with van der Waals surface area (Å²) >= 11 is 0. The van der Waals surface area contributed by atoms with E-state index in [4.69, 9.17) is 5.73 Å². The number of anilines is 1. The molecule has 0 aliphatic heterocycles. The van der Waals surface area contributed by atoms with Gasteiger partial charge in [0.2, 0.25) is 0 Å². The highest BCUT2D eigenvalue weighted by Crippen LogP contribution is 2.18. The first-order valence-corrected chi connectivity index (χ1v) is 6.70. The van der Waals surface area contributed by atoms with Crippen molar-refractivity contribution in [1.82, 2.24) is 10.3 Å². The summed E-state index contributed by atoms with van der Waals surface area (Å²) in [6.45, 7) is 1.85. The molecule has 0 spiro atoms. The van der Waals surface area contributed by atoms with Gasteiger partial charge in [0, 0.05) is 17.3 Å². The summed E-state index contributed by atoms with van der Waals surface area (Å²) in [6, 6.07) is 3.73. The quantitative estimate of drug-likeness (QED) is 0.789. The number of pyridine rings is 1. The van der Waals surface area contributed by atoms with Crippen LogP contribution in [0.4, 0.5) is 5.82 Å². The molecule has 1 heterocycles. The molecule has 98 valence electrons. The molecule has 0 saturated heterocycles. The molecule has 0 aromatic carbocycles. The lowest BCUT2D eigenvalue weighted by atomic mass is 10.1. The fraction of sp³-hybridized carbons (Fsp3) is 0.571. The van der Waals surface area contributed by atoms with Crippen molar-refractivity contribution in [1.29, 1.82) is 0 Å². The number of amides is 1. The van der Waals surface area contributed by atoms with E-state index in [0.717, 1.165) is 18.5 Å². The highest BCUT2D eigenvalue weighted by molar-refractivity contribution is 5.95. The molecule has 1 fully saturated rings. The van der Waals surface area contributed by atoms with Gasteiger partial charge in [0.05, 0.1) is 0 Å². The Labute approximate surface area is 108 Å². The molecule has 1 aliphatic rings. The molecule has 1 aliphatic carbocycles. The molecule has 0 unspecified atom stereocenters. The van der Waals surface area contributed by atoms with Crippen LogP contribution in [0.1, 0.15) is 54.6 Å². The SMILES string of the molecule is Cc1cc(C(=O)NC2CCCCCC2)cc(N)n1. The maximum atomic E-state index is 12.1. The van der Waals surface area contributed by atoms with Gasteiger partial charge in [-0.3, -0.25) is 4.79 Å². The van der Waals surface area contributed by atoms with Gasteiger partial charge >= 0.3 is 0 Å². The topological polar surface area (TPSA) is 68.0 Å². The maximum Gasteiger partial charge on any atom is 0.251 e. The first-order chi connectivity index (χ1) is 8.65. The van der Waals surface area contributed by atoms with Crippen molar-refractivity contribution in [3.63, 3.8) is 0 Å². The van der Waals surface area contributed by atoms with Crippen LogP contribution < -0.4 is 11.1 Å². The normalized spacial score (nSPS) is 17.2. The van der Waals surface area contributed by atoms with E-state index in [1.54, 1.807) is 12.1 Å². The van der Waals surface area contributed by atoms with Crippen molar-refractivity contribution in [2.75, 3.05) is 5.73 Å². The first kappa shape index (κ1) is 12.9. The molecule has 0 atom stereocenters. The summed E-state index contributed by atoms with van der Waals surface area (Å²) in [7, 11) is 0. The van der Waals surface area contributed by atoms with Crippen LogP contribution in [-0.2, 0) is 0 Å². The summed E-state index contributed by atoms with van der Waals surface area (Å²) in [4.78, 5) is 16.2. The van der Waals surface area contributed by atoms with Gasteiger partial charge in [0.15, 0.2) is 0 Å². The Kier molecular flexibility index (Phi) is 4.18. The summed E-state index contributed by atoms with van der Waals surface area (Å²) in [5, 5.41) is 3.11. The second-order valence-corrected chi connectivity index (χ2v) is 5.08. The number of nitrogen functional groups attached to an aromatic ring is 1.